The summed E-state index contributed by atoms with van der Waals surface area (Å²) in [6.07, 6.45) is 0. The van der Waals surface area contributed by atoms with Crippen LogP contribution in [0.25, 0.3) is 0 Å². The Bertz CT molecular complexity index is 152. The predicted octanol–water partition coefficient (Wildman–Crippen LogP) is -0.671. The van der Waals surface area contributed by atoms with Gasteiger partial charge in [0, 0.05) is 5.75 Å². The van der Waals surface area contributed by atoms with Crippen molar-refractivity contribution in [3.63, 3.8) is 0 Å². The summed E-state index contributed by atoms with van der Waals surface area (Å²) in [5.41, 5.74) is 4.94. The Morgan fingerprint density at radius 1 is 1.33 bits per heavy atom. The van der Waals surface area contributed by atoms with Crippen molar-refractivity contribution in [3.05, 3.63) is 0 Å². The van der Waals surface area contributed by atoms with E-state index in [2.05, 4.69) is 25.3 Å². The van der Waals surface area contributed by atoms with Gasteiger partial charge < -0.3 is 15.9 Å². The number of nitrogens with two attached hydrogens (primary N) is 1. The fraction of sp³-hybridized carbons (Fsp3) is 0.600. The van der Waals surface area contributed by atoms with Crippen LogP contribution in [-0.4, -0.2) is 39.7 Å². The smallest absolute Gasteiger partial charge is 0.321 e. The van der Waals surface area contributed by atoms with Crippen molar-refractivity contribution in [2.75, 3.05) is 11.5 Å². The molecular formula is C5H11NO4S2. The van der Waals surface area contributed by atoms with E-state index in [0.29, 0.717) is 0 Å². The molecule has 0 rings (SSSR count). The zero-order valence-electron chi connectivity index (χ0n) is 6.17. The highest BCUT2D eigenvalue weighted by atomic mass is 32.1. The van der Waals surface area contributed by atoms with Crippen LogP contribution in [0.1, 0.15) is 0 Å². The summed E-state index contributed by atoms with van der Waals surface area (Å²) in [5, 5.41) is 15.7. The van der Waals surface area contributed by atoms with E-state index in [1.54, 1.807) is 0 Å². The Hall–Kier alpha value is -0.400. The third-order valence-corrected chi connectivity index (χ3v) is 1.31. The lowest BCUT2D eigenvalue weighted by Gasteiger charge is -1.96. The molecule has 0 amide bonds. The molecular weight excluding hydrogens is 202 g/mol. The van der Waals surface area contributed by atoms with E-state index < -0.39 is 18.0 Å². The Labute approximate surface area is 80.8 Å². The van der Waals surface area contributed by atoms with Crippen LogP contribution in [-0.2, 0) is 9.59 Å². The van der Waals surface area contributed by atoms with Crippen LogP contribution in [0, 0.1) is 0 Å². The monoisotopic (exact) mass is 213 g/mol. The highest BCUT2D eigenvalue weighted by Crippen LogP contribution is 1.80. The first kappa shape index (κ1) is 14.1. The number of carboxylic acids is 2. The molecule has 5 nitrogen and oxygen atoms in total. The van der Waals surface area contributed by atoms with Gasteiger partial charge in [0.2, 0.25) is 0 Å². The van der Waals surface area contributed by atoms with E-state index in [9.17, 15) is 9.59 Å². The summed E-state index contributed by atoms with van der Waals surface area (Å²) >= 11 is 7.06. The van der Waals surface area contributed by atoms with Crippen LogP contribution in [0.5, 0.6) is 0 Å². The van der Waals surface area contributed by atoms with Crippen LogP contribution < -0.4 is 5.73 Å². The van der Waals surface area contributed by atoms with Crippen LogP contribution in [0.15, 0.2) is 0 Å². The Kier molecular flexibility index (Phi) is 10.2. The van der Waals surface area contributed by atoms with Crippen molar-refractivity contribution in [3.8, 4) is 0 Å². The first-order valence-corrected chi connectivity index (χ1v) is 4.14. The summed E-state index contributed by atoms with van der Waals surface area (Å²) in [6.45, 7) is 0. The minimum absolute atomic E-state index is 0.0833. The van der Waals surface area contributed by atoms with Gasteiger partial charge >= 0.3 is 11.9 Å². The fourth-order valence-corrected chi connectivity index (χ4v) is 0.234. The van der Waals surface area contributed by atoms with Crippen molar-refractivity contribution in [1.29, 1.82) is 0 Å². The minimum Gasteiger partial charge on any atom is -0.481 e. The van der Waals surface area contributed by atoms with E-state index in [1.165, 1.54) is 0 Å². The Balaban J connectivity index is 0. The lowest BCUT2D eigenvalue weighted by atomic mass is 10.4. The van der Waals surface area contributed by atoms with Crippen molar-refractivity contribution < 1.29 is 19.8 Å². The summed E-state index contributed by atoms with van der Waals surface area (Å²) in [4.78, 5) is 19.0. The summed E-state index contributed by atoms with van der Waals surface area (Å²) in [5.74, 6) is -1.78. The molecule has 1 atom stereocenters. The number of hydrogen-bond donors (Lipinski definition) is 5. The van der Waals surface area contributed by atoms with Crippen molar-refractivity contribution >= 4 is 37.2 Å². The maximum Gasteiger partial charge on any atom is 0.321 e. The number of aliphatic carboxylic acids is 2. The number of thiol groups is 2. The quantitative estimate of drug-likeness (QED) is 0.400. The molecule has 0 spiro atoms. The average Bonchev–Trinajstić information content (AvgIpc) is 2.04. The van der Waals surface area contributed by atoms with Crippen LogP contribution in [0.3, 0.4) is 0 Å². The molecule has 0 aliphatic heterocycles. The molecule has 0 aromatic carbocycles. The van der Waals surface area contributed by atoms with Gasteiger partial charge in [-0.3, -0.25) is 9.59 Å². The van der Waals surface area contributed by atoms with Gasteiger partial charge in [-0.15, -0.1) is 0 Å². The van der Waals surface area contributed by atoms with E-state index >= 15 is 0 Å². The maximum absolute atomic E-state index is 9.76. The second kappa shape index (κ2) is 8.69. The number of rotatable bonds is 3. The lowest BCUT2D eigenvalue weighted by molar-refractivity contribution is -0.138. The van der Waals surface area contributed by atoms with Gasteiger partial charge in [0.15, 0.2) is 0 Å². The van der Waals surface area contributed by atoms with Crippen LogP contribution in [0.2, 0.25) is 0 Å². The minimum atomic E-state index is -1.00. The van der Waals surface area contributed by atoms with Gasteiger partial charge in [-0.05, 0) is 0 Å². The molecule has 0 fully saturated rings. The van der Waals surface area contributed by atoms with Gasteiger partial charge in [0.1, 0.15) is 6.04 Å². The third kappa shape index (κ3) is 12.3. The van der Waals surface area contributed by atoms with Crippen molar-refractivity contribution in [2.24, 2.45) is 5.73 Å². The second-order valence-electron chi connectivity index (χ2n) is 1.68. The zero-order chi connectivity index (χ0) is 10.1. The molecule has 0 aromatic heterocycles. The zero-order valence-corrected chi connectivity index (χ0v) is 7.96. The Morgan fingerprint density at radius 2 is 1.67 bits per heavy atom. The normalized spacial score (nSPS) is 10.9. The topological polar surface area (TPSA) is 101 Å². The van der Waals surface area contributed by atoms with Gasteiger partial charge in [0.05, 0.1) is 5.75 Å². The van der Waals surface area contributed by atoms with Crippen LogP contribution >= 0.6 is 25.3 Å². The molecule has 0 saturated carbocycles. The molecule has 0 saturated heterocycles. The molecule has 0 aliphatic rings. The highest BCUT2D eigenvalue weighted by molar-refractivity contribution is 7.81. The largest absolute Gasteiger partial charge is 0.481 e. The first-order valence-electron chi connectivity index (χ1n) is 2.87. The van der Waals surface area contributed by atoms with Gasteiger partial charge in [-0.1, -0.05) is 0 Å². The Morgan fingerprint density at radius 3 is 1.67 bits per heavy atom. The summed E-state index contributed by atoms with van der Waals surface area (Å²) in [6, 6.07) is -0.816. The van der Waals surface area contributed by atoms with Crippen LogP contribution in [0.4, 0.5) is 0 Å². The molecule has 0 heterocycles. The highest BCUT2D eigenvalue weighted by Gasteiger charge is 2.06. The third-order valence-electron chi connectivity index (χ3n) is 0.649. The van der Waals surface area contributed by atoms with Gasteiger partial charge in [-0.2, -0.15) is 25.3 Å². The van der Waals surface area contributed by atoms with Crippen molar-refractivity contribution in [2.45, 2.75) is 6.04 Å². The molecule has 12 heavy (non-hydrogen) atoms. The van der Waals surface area contributed by atoms with E-state index in [0.717, 1.165) is 0 Å². The molecule has 0 aliphatic carbocycles. The molecule has 0 unspecified atom stereocenters. The standard InChI is InChI=1S/C3H7NO2S.C2H4O2S/c4-2(1-7)3(5)6;3-2(4)1-5/h2,7H,1,4H2,(H,5,6);5H,1H2,(H,3,4)/t2-;/m0./s1. The molecule has 0 aromatic rings. The van der Waals surface area contributed by atoms with Gasteiger partial charge in [-0.25, -0.2) is 0 Å². The maximum atomic E-state index is 9.76. The van der Waals surface area contributed by atoms with E-state index in [-0.39, 0.29) is 11.5 Å². The number of carboxylic acid groups (broad SMARTS) is 2. The lowest BCUT2D eigenvalue weighted by Crippen LogP contribution is -2.31. The summed E-state index contributed by atoms with van der Waals surface area (Å²) in [7, 11) is 0. The molecule has 7 heteroatoms. The van der Waals surface area contributed by atoms with E-state index in [4.69, 9.17) is 15.9 Å². The number of hydrogen-bond acceptors (Lipinski definition) is 5. The van der Waals surface area contributed by atoms with E-state index in [1.807, 2.05) is 0 Å². The van der Waals surface area contributed by atoms with Crippen molar-refractivity contribution in [1.82, 2.24) is 0 Å². The molecule has 0 radical (unpaired) electrons. The molecule has 4 N–H and O–H groups in total. The second-order valence-corrected chi connectivity index (χ2v) is 2.36. The summed E-state index contributed by atoms with van der Waals surface area (Å²) < 4.78 is 0. The number of carbonyl (C=O) groups is 2. The van der Waals surface area contributed by atoms with Gasteiger partial charge in [0.25, 0.3) is 0 Å². The predicted molar refractivity (Wildman–Crippen MR) is 51.0 cm³/mol. The SMILES string of the molecule is N[C@@H](CS)C(=O)O.O=C(O)CS. The molecule has 72 valence electrons. The fourth-order valence-electron chi connectivity index (χ4n) is 0.0781. The average molecular weight is 213 g/mol. The molecule has 0 bridgehead atoms. The first-order chi connectivity index (χ1) is 5.45.